The molecule has 0 aromatic carbocycles. The predicted octanol–water partition coefficient (Wildman–Crippen LogP) is -0.699. The number of H-pyrrole nitrogens is 1. The van der Waals surface area contributed by atoms with Crippen LogP contribution >= 0.6 is 0 Å². The summed E-state index contributed by atoms with van der Waals surface area (Å²) in [6, 6.07) is 1.53. The predicted molar refractivity (Wildman–Crippen MR) is 57.7 cm³/mol. The Morgan fingerprint density at radius 1 is 1.33 bits per heavy atom. The van der Waals surface area contributed by atoms with Gasteiger partial charge < -0.3 is 5.11 Å². The van der Waals surface area contributed by atoms with E-state index < -0.39 is 5.97 Å². The monoisotopic (exact) mass is 246 g/mol. The van der Waals surface area contributed by atoms with Crippen molar-refractivity contribution < 1.29 is 9.90 Å². The summed E-state index contributed by atoms with van der Waals surface area (Å²) in [5.41, 5.74) is -0.0902. The van der Waals surface area contributed by atoms with Crippen molar-refractivity contribution in [2.75, 3.05) is 0 Å². The van der Waals surface area contributed by atoms with Crippen molar-refractivity contribution >= 4 is 11.6 Å². The van der Waals surface area contributed by atoms with Gasteiger partial charge in [-0.1, -0.05) is 0 Å². The van der Waals surface area contributed by atoms with Crippen LogP contribution < -0.4 is 5.69 Å². The van der Waals surface area contributed by atoms with Crippen molar-refractivity contribution in [3.63, 3.8) is 0 Å². The van der Waals surface area contributed by atoms with E-state index in [4.69, 9.17) is 5.11 Å². The molecule has 0 aliphatic carbocycles. The molecule has 3 aromatic heterocycles. The minimum absolute atomic E-state index is 0.0870. The Labute approximate surface area is 98.4 Å². The number of rotatable bonds is 2. The standard InChI is InChI=1S/C9H6N6O3/c16-8(17)5-2-14(3-10-5)6-1-7-12-13-9(18)15(7)4-11-6/h1-4H,(H,13,18)(H,16,17). The minimum Gasteiger partial charge on any atom is -0.476 e. The molecule has 3 heterocycles. The second kappa shape index (κ2) is 3.52. The summed E-state index contributed by atoms with van der Waals surface area (Å²) in [6.45, 7) is 0. The van der Waals surface area contributed by atoms with Gasteiger partial charge in [0, 0.05) is 12.3 Å². The number of nitrogens with one attached hydrogen (secondary N) is 1. The van der Waals surface area contributed by atoms with Crippen molar-refractivity contribution in [2.45, 2.75) is 0 Å². The van der Waals surface area contributed by atoms with Crippen LogP contribution in [0.2, 0.25) is 0 Å². The molecule has 0 bridgehead atoms. The minimum atomic E-state index is -1.12. The third-order valence-electron chi connectivity index (χ3n) is 2.36. The highest BCUT2D eigenvalue weighted by Gasteiger charge is 2.09. The first-order valence-electron chi connectivity index (χ1n) is 4.85. The number of carboxylic acid groups (broad SMARTS) is 1. The lowest BCUT2D eigenvalue weighted by Gasteiger charge is -1.99. The molecule has 18 heavy (non-hydrogen) atoms. The lowest BCUT2D eigenvalue weighted by Crippen LogP contribution is -2.10. The summed E-state index contributed by atoms with van der Waals surface area (Å²) in [5.74, 6) is -0.702. The van der Waals surface area contributed by atoms with Gasteiger partial charge in [0.15, 0.2) is 11.3 Å². The number of imidazole rings is 1. The molecule has 2 N–H and O–H groups in total. The topological polar surface area (TPSA) is 118 Å². The van der Waals surface area contributed by atoms with E-state index in [1.54, 1.807) is 0 Å². The van der Waals surface area contributed by atoms with Crippen LogP contribution in [0.4, 0.5) is 0 Å². The van der Waals surface area contributed by atoms with E-state index in [-0.39, 0.29) is 11.4 Å². The molecule has 0 radical (unpaired) electrons. The zero-order valence-corrected chi connectivity index (χ0v) is 8.81. The summed E-state index contributed by atoms with van der Waals surface area (Å²) < 4.78 is 2.67. The van der Waals surface area contributed by atoms with E-state index in [1.165, 1.54) is 33.9 Å². The Morgan fingerprint density at radius 3 is 2.89 bits per heavy atom. The van der Waals surface area contributed by atoms with Crippen LogP contribution in [0.15, 0.2) is 29.7 Å². The Balaban J connectivity index is 2.13. The maximum absolute atomic E-state index is 11.2. The summed E-state index contributed by atoms with van der Waals surface area (Å²) in [7, 11) is 0. The molecule has 3 aromatic rings. The largest absolute Gasteiger partial charge is 0.476 e. The van der Waals surface area contributed by atoms with Crippen molar-refractivity contribution in [1.29, 1.82) is 0 Å². The Bertz CT molecular complexity index is 798. The molecule has 9 heteroatoms. The van der Waals surface area contributed by atoms with Crippen molar-refractivity contribution in [1.82, 2.24) is 29.1 Å². The fourth-order valence-corrected chi connectivity index (χ4v) is 1.50. The molecular weight excluding hydrogens is 240 g/mol. The molecule has 0 aliphatic heterocycles. The van der Waals surface area contributed by atoms with Gasteiger partial charge in [0.1, 0.15) is 18.5 Å². The SMILES string of the molecule is O=C(O)c1cn(-c2cc3n[nH]c(=O)n3cn2)cn1. The number of nitrogens with zero attached hydrogens (tertiary/aromatic N) is 5. The van der Waals surface area contributed by atoms with E-state index in [0.29, 0.717) is 11.5 Å². The van der Waals surface area contributed by atoms with Gasteiger partial charge in [-0.25, -0.2) is 29.1 Å². The first-order chi connectivity index (χ1) is 8.65. The lowest BCUT2D eigenvalue weighted by atomic mass is 10.5. The fourth-order valence-electron chi connectivity index (χ4n) is 1.50. The van der Waals surface area contributed by atoms with Gasteiger partial charge >= 0.3 is 11.7 Å². The van der Waals surface area contributed by atoms with Crippen molar-refractivity contribution in [3.8, 4) is 5.82 Å². The first kappa shape index (κ1) is 10.2. The number of aromatic amines is 1. The highest BCUT2D eigenvalue weighted by molar-refractivity contribution is 5.85. The summed E-state index contributed by atoms with van der Waals surface area (Å²) in [4.78, 5) is 29.7. The van der Waals surface area contributed by atoms with Gasteiger partial charge in [-0.3, -0.25) is 4.57 Å². The van der Waals surface area contributed by atoms with Gasteiger partial charge in [-0.05, 0) is 0 Å². The molecular formula is C9H6N6O3. The molecule has 0 unspecified atom stereocenters. The number of hydrogen-bond acceptors (Lipinski definition) is 5. The maximum Gasteiger partial charge on any atom is 0.356 e. The number of carboxylic acids is 1. The van der Waals surface area contributed by atoms with Crippen molar-refractivity contribution in [2.24, 2.45) is 0 Å². The molecule has 9 nitrogen and oxygen atoms in total. The molecule has 0 aliphatic rings. The van der Waals surface area contributed by atoms with Gasteiger partial charge in [0.2, 0.25) is 0 Å². The molecule has 0 atom stereocenters. The molecule has 0 amide bonds. The Kier molecular flexibility index (Phi) is 1.99. The van der Waals surface area contributed by atoms with Crippen LogP contribution in [0.1, 0.15) is 10.5 Å². The fraction of sp³-hybridized carbons (Fsp3) is 0. The van der Waals surface area contributed by atoms with Crippen LogP contribution in [0.5, 0.6) is 0 Å². The average molecular weight is 246 g/mol. The Hall–Kier alpha value is -2.97. The zero-order valence-electron chi connectivity index (χ0n) is 8.81. The van der Waals surface area contributed by atoms with E-state index in [0.717, 1.165) is 0 Å². The van der Waals surface area contributed by atoms with E-state index in [2.05, 4.69) is 20.2 Å². The zero-order chi connectivity index (χ0) is 12.7. The third kappa shape index (κ3) is 1.45. The van der Waals surface area contributed by atoms with Crippen LogP contribution in [-0.4, -0.2) is 40.2 Å². The van der Waals surface area contributed by atoms with Gasteiger partial charge in [0.05, 0.1) is 0 Å². The average Bonchev–Trinajstić information content (AvgIpc) is 2.96. The third-order valence-corrected chi connectivity index (χ3v) is 2.36. The molecule has 90 valence electrons. The number of aromatic carboxylic acids is 1. The number of carbonyl (C=O) groups is 1. The molecule has 0 fully saturated rings. The number of hydrogen-bond donors (Lipinski definition) is 2. The smallest absolute Gasteiger partial charge is 0.356 e. The number of fused-ring (bicyclic) bond motifs is 1. The normalized spacial score (nSPS) is 10.9. The van der Waals surface area contributed by atoms with Crippen molar-refractivity contribution in [3.05, 3.63) is 41.1 Å². The quantitative estimate of drug-likeness (QED) is 0.617. The van der Waals surface area contributed by atoms with Gasteiger partial charge in [0.25, 0.3) is 0 Å². The van der Waals surface area contributed by atoms with E-state index in [9.17, 15) is 9.59 Å². The van der Waals surface area contributed by atoms with Crippen LogP contribution in [0.25, 0.3) is 11.5 Å². The summed E-state index contributed by atoms with van der Waals surface area (Å²) >= 11 is 0. The molecule has 3 rings (SSSR count). The second-order valence-electron chi connectivity index (χ2n) is 3.48. The maximum atomic E-state index is 11.2. The highest BCUT2D eigenvalue weighted by Crippen LogP contribution is 2.06. The van der Waals surface area contributed by atoms with Gasteiger partial charge in [-0.2, -0.15) is 5.10 Å². The van der Waals surface area contributed by atoms with E-state index >= 15 is 0 Å². The first-order valence-corrected chi connectivity index (χ1v) is 4.85. The van der Waals surface area contributed by atoms with Crippen LogP contribution in [0, 0.1) is 0 Å². The Morgan fingerprint density at radius 2 is 2.17 bits per heavy atom. The summed E-state index contributed by atoms with van der Waals surface area (Å²) in [6.07, 6.45) is 3.95. The number of aromatic nitrogens is 6. The highest BCUT2D eigenvalue weighted by atomic mass is 16.4. The molecule has 0 saturated heterocycles. The van der Waals surface area contributed by atoms with Crippen LogP contribution in [-0.2, 0) is 0 Å². The van der Waals surface area contributed by atoms with E-state index in [1.807, 2.05) is 0 Å². The van der Waals surface area contributed by atoms with Crippen LogP contribution in [0.3, 0.4) is 0 Å². The van der Waals surface area contributed by atoms with Gasteiger partial charge in [-0.15, -0.1) is 0 Å². The molecule has 0 saturated carbocycles. The summed E-state index contributed by atoms with van der Waals surface area (Å²) in [5, 5.41) is 14.8. The lowest BCUT2D eigenvalue weighted by molar-refractivity contribution is 0.0691. The second-order valence-corrected chi connectivity index (χ2v) is 3.48. The molecule has 0 spiro atoms.